The molecule has 0 saturated heterocycles. The Morgan fingerprint density at radius 1 is 1.14 bits per heavy atom. The molecule has 0 aliphatic heterocycles. The van der Waals surface area contributed by atoms with Crippen LogP contribution in [0, 0.1) is 6.92 Å². The molecule has 0 aliphatic carbocycles. The quantitative estimate of drug-likeness (QED) is 0.868. The van der Waals surface area contributed by atoms with Crippen LogP contribution in [-0.2, 0) is 14.8 Å². The van der Waals surface area contributed by atoms with Gasteiger partial charge in [0, 0.05) is 5.02 Å². The number of benzene rings is 2. The highest BCUT2D eigenvalue weighted by atomic mass is 35.5. The number of carbonyl (C=O) groups excluding carboxylic acids is 1. The van der Waals surface area contributed by atoms with E-state index in [4.69, 9.17) is 11.6 Å². The predicted molar refractivity (Wildman–Crippen MR) is 84.8 cm³/mol. The minimum atomic E-state index is -3.76. The van der Waals surface area contributed by atoms with Crippen LogP contribution in [-0.4, -0.2) is 21.5 Å². The summed E-state index contributed by atoms with van der Waals surface area (Å²) in [6.45, 7) is 1.74. The molecule has 0 aliphatic rings. The second-order valence-electron chi connectivity index (χ2n) is 4.58. The molecule has 0 fully saturated rings. The van der Waals surface area contributed by atoms with Gasteiger partial charge in [0.2, 0.25) is 0 Å². The molecule has 1 N–H and O–H groups in total. The first-order valence-electron chi connectivity index (χ1n) is 6.31. The van der Waals surface area contributed by atoms with Gasteiger partial charge < -0.3 is 4.74 Å². The lowest BCUT2D eigenvalue weighted by Gasteiger charge is -2.12. The lowest BCUT2D eigenvalue weighted by atomic mass is 10.1. The van der Waals surface area contributed by atoms with E-state index in [0.29, 0.717) is 16.3 Å². The minimum absolute atomic E-state index is 0.0831. The highest BCUT2D eigenvalue weighted by Gasteiger charge is 2.16. The first-order chi connectivity index (χ1) is 10.3. The number of carbonyl (C=O) groups is 1. The number of anilines is 1. The summed E-state index contributed by atoms with van der Waals surface area (Å²) in [4.78, 5) is 11.6. The van der Waals surface area contributed by atoms with Gasteiger partial charge in [-0.05, 0) is 48.9 Å². The Balaban J connectivity index is 2.37. The molecule has 0 radical (unpaired) electrons. The van der Waals surface area contributed by atoms with E-state index in [-0.39, 0.29) is 10.5 Å². The van der Waals surface area contributed by atoms with Crippen molar-refractivity contribution < 1.29 is 17.9 Å². The second kappa shape index (κ2) is 6.37. The van der Waals surface area contributed by atoms with Crippen molar-refractivity contribution in [1.82, 2.24) is 0 Å². The summed E-state index contributed by atoms with van der Waals surface area (Å²) in [5.41, 5.74) is 1.27. The van der Waals surface area contributed by atoms with Crippen molar-refractivity contribution in [3.8, 4) is 0 Å². The lowest BCUT2D eigenvalue weighted by Crippen LogP contribution is -2.14. The number of nitrogens with one attached hydrogen (secondary N) is 1. The fourth-order valence-corrected chi connectivity index (χ4v) is 3.04. The van der Waals surface area contributed by atoms with Gasteiger partial charge in [-0.15, -0.1) is 0 Å². The standard InChI is InChI=1S/C15H14ClNO4S/c1-10-3-4-11(15(18)21-2)9-14(10)17-22(19,20)13-7-5-12(16)6-8-13/h3-9,17H,1-2H3. The van der Waals surface area contributed by atoms with Crippen LogP contribution in [0.4, 0.5) is 5.69 Å². The van der Waals surface area contributed by atoms with Crippen LogP contribution in [0.25, 0.3) is 0 Å². The normalized spacial score (nSPS) is 11.0. The summed E-state index contributed by atoms with van der Waals surface area (Å²) >= 11 is 5.75. The Morgan fingerprint density at radius 3 is 2.36 bits per heavy atom. The second-order valence-corrected chi connectivity index (χ2v) is 6.70. The maximum absolute atomic E-state index is 12.3. The zero-order chi connectivity index (χ0) is 16.3. The highest BCUT2D eigenvalue weighted by molar-refractivity contribution is 7.92. The van der Waals surface area contributed by atoms with Crippen molar-refractivity contribution in [2.75, 3.05) is 11.8 Å². The van der Waals surface area contributed by atoms with Crippen LogP contribution in [0.3, 0.4) is 0 Å². The molecule has 22 heavy (non-hydrogen) atoms. The minimum Gasteiger partial charge on any atom is -0.465 e. The summed E-state index contributed by atoms with van der Waals surface area (Å²) in [7, 11) is -2.50. The molecule has 0 amide bonds. The molecule has 0 atom stereocenters. The van der Waals surface area contributed by atoms with E-state index in [0.717, 1.165) is 0 Å². The van der Waals surface area contributed by atoms with Gasteiger partial charge >= 0.3 is 5.97 Å². The Bertz CT molecular complexity index is 801. The first-order valence-corrected chi connectivity index (χ1v) is 8.17. The predicted octanol–water partition coefficient (Wildman–Crippen LogP) is 3.24. The molecule has 5 nitrogen and oxygen atoms in total. The summed E-state index contributed by atoms with van der Waals surface area (Å²) < 4.78 is 31.8. The van der Waals surface area contributed by atoms with Gasteiger partial charge in [-0.1, -0.05) is 17.7 Å². The van der Waals surface area contributed by atoms with Crippen LogP contribution in [0.5, 0.6) is 0 Å². The average Bonchev–Trinajstić information content (AvgIpc) is 2.49. The molecular weight excluding hydrogens is 326 g/mol. The molecule has 2 aromatic rings. The molecule has 116 valence electrons. The van der Waals surface area contributed by atoms with Gasteiger partial charge in [-0.25, -0.2) is 13.2 Å². The monoisotopic (exact) mass is 339 g/mol. The van der Waals surface area contributed by atoms with Crippen LogP contribution in [0.2, 0.25) is 5.02 Å². The van der Waals surface area contributed by atoms with Crippen molar-refractivity contribution in [1.29, 1.82) is 0 Å². The van der Waals surface area contributed by atoms with E-state index in [1.807, 2.05) is 0 Å². The third kappa shape index (κ3) is 3.58. The third-order valence-electron chi connectivity index (χ3n) is 3.03. The van der Waals surface area contributed by atoms with Crippen LogP contribution in [0.15, 0.2) is 47.4 Å². The van der Waals surface area contributed by atoms with E-state index in [1.54, 1.807) is 19.1 Å². The van der Waals surface area contributed by atoms with Crippen molar-refractivity contribution in [2.45, 2.75) is 11.8 Å². The van der Waals surface area contributed by atoms with Crippen molar-refractivity contribution in [2.24, 2.45) is 0 Å². The SMILES string of the molecule is COC(=O)c1ccc(C)c(NS(=O)(=O)c2ccc(Cl)cc2)c1. The van der Waals surface area contributed by atoms with Crippen molar-refractivity contribution in [3.05, 3.63) is 58.6 Å². The van der Waals surface area contributed by atoms with Gasteiger partial charge in [-0.2, -0.15) is 0 Å². The van der Waals surface area contributed by atoms with Crippen molar-refractivity contribution >= 4 is 33.3 Å². The van der Waals surface area contributed by atoms with E-state index in [1.165, 1.54) is 37.4 Å². The molecule has 0 heterocycles. The Hall–Kier alpha value is -2.05. The van der Waals surface area contributed by atoms with Gasteiger partial charge in [0.15, 0.2) is 0 Å². The number of halogens is 1. The maximum atomic E-state index is 12.3. The van der Waals surface area contributed by atoms with Gasteiger partial charge in [0.25, 0.3) is 10.0 Å². The highest BCUT2D eigenvalue weighted by Crippen LogP contribution is 2.22. The summed E-state index contributed by atoms with van der Waals surface area (Å²) in [6.07, 6.45) is 0. The molecule has 0 bridgehead atoms. The van der Waals surface area contributed by atoms with Gasteiger partial charge in [0.05, 0.1) is 23.3 Å². The Labute approximate surface area is 133 Å². The van der Waals surface area contributed by atoms with E-state index >= 15 is 0 Å². The van der Waals surface area contributed by atoms with E-state index in [2.05, 4.69) is 9.46 Å². The fraction of sp³-hybridized carbons (Fsp3) is 0.133. The van der Waals surface area contributed by atoms with Crippen LogP contribution in [0.1, 0.15) is 15.9 Å². The fourth-order valence-electron chi connectivity index (χ4n) is 1.79. The first kappa shape index (κ1) is 16.3. The molecule has 2 aromatic carbocycles. The molecule has 0 saturated carbocycles. The molecule has 0 aromatic heterocycles. The number of sulfonamides is 1. The van der Waals surface area contributed by atoms with Gasteiger partial charge in [-0.3, -0.25) is 4.72 Å². The Kier molecular flexibility index (Phi) is 4.73. The summed E-state index contributed by atoms with van der Waals surface area (Å²) in [5.74, 6) is -0.535. The smallest absolute Gasteiger partial charge is 0.337 e. The number of methoxy groups -OCH3 is 1. The topological polar surface area (TPSA) is 72.5 Å². The van der Waals surface area contributed by atoms with E-state index in [9.17, 15) is 13.2 Å². The Morgan fingerprint density at radius 2 is 1.77 bits per heavy atom. The molecule has 7 heteroatoms. The number of esters is 1. The van der Waals surface area contributed by atoms with E-state index < -0.39 is 16.0 Å². The summed E-state index contributed by atoms with van der Waals surface area (Å²) in [5, 5.41) is 0.447. The van der Waals surface area contributed by atoms with Crippen LogP contribution >= 0.6 is 11.6 Å². The zero-order valence-corrected chi connectivity index (χ0v) is 13.5. The number of hydrogen-bond donors (Lipinski definition) is 1. The zero-order valence-electron chi connectivity index (χ0n) is 12.0. The average molecular weight is 340 g/mol. The van der Waals surface area contributed by atoms with Crippen LogP contribution < -0.4 is 4.72 Å². The van der Waals surface area contributed by atoms with Crippen molar-refractivity contribution in [3.63, 3.8) is 0 Å². The summed E-state index contributed by atoms with van der Waals surface area (Å²) in [6, 6.07) is 10.5. The third-order valence-corrected chi connectivity index (χ3v) is 4.66. The molecule has 0 unspecified atom stereocenters. The maximum Gasteiger partial charge on any atom is 0.337 e. The molecule has 2 rings (SSSR count). The largest absolute Gasteiger partial charge is 0.465 e. The molecular formula is C15H14ClNO4S. The number of rotatable bonds is 4. The number of hydrogen-bond acceptors (Lipinski definition) is 4. The number of aryl methyl sites for hydroxylation is 1. The number of ether oxygens (including phenoxy) is 1. The lowest BCUT2D eigenvalue weighted by molar-refractivity contribution is 0.0601. The van der Waals surface area contributed by atoms with Gasteiger partial charge in [0.1, 0.15) is 0 Å². The molecule has 0 spiro atoms.